The Balaban J connectivity index is 2.24. The second-order valence-electron chi connectivity index (χ2n) is 4.13. The highest BCUT2D eigenvalue weighted by atomic mass is 35.5. The van der Waals surface area contributed by atoms with Crippen molar-refractivity contribution in [1.29, 1.82) is 0 Å². The molecule has 0 unspecified atom stereocenters. The fourth-order valence-corrected chi connectivity index (χ4v) is 2.39. The Kier molecular flexibility index (Phi) is 3.70. The highest BCUT2D eigenvalue weighted by Crippen LogP contribution is 2.36. The van der Waals surface area contributed by atoms with Crippen LogP contribution in [-0.4, -0.2) is 40.2 Å². The van der Waals surface area contributed by atoms with Crippen LogP contribution in [0.5, 0.6) is 0 Å². The van der Waals surface area contributed by atoms with Gasteiger partial charge >= 0.3 is 11.8 Å². The number of nitrogens with zero attached hydrogens (tertiary/aromatic N) is 3. The standard InChI is InChI=1S/C10H11ClN4O4/c11-7-3-12-4-8(15(18)19)9(7)14-2-1-6(5-14)13-10(16)17/h3-4,6,13H,1-2,5H2,(H,16,17)/t6-/m1/s1. The van der Waals surface area contributed by atoms with Crippen LogP contribution >= 0.6 is 11.6 Å². The molecule has 1 fully saturated rings. The highest BCUT2D eigenvalue weighted by molar-refractivity contribution is 6.33. The number of hydrogen-bond acceptors (Lipinski definition) is 5. The first-order valence-corrected chi connectivity index (χ1v) is 5.89. The molecular weight excluding hydrogens is 276 g/mol. The maximum Gasteiger partial charge on any atom is 0.404 e. The van der Waals surface area contributed by atoms with Gasteiger partial charge in [-0.3, -0.25) is 15.1 Å². The second-order valence-corrected chi connectivity index (χ2v) is 4.53. The van der Waals surface area contributed by atoms with Gasteiger partial charge < -0.3 is 15.3 Å². The summed E-state index contributed by atoms with van der Waals surface area (Å²) in [6.07, 6.45) is 1.94. The summed E-state index contributed by atoms with van der Waals surface area (Å²) in [6, 6.07) is -0.263. The van der Waals surface area contributed by atoms with Gasteiger partial charge in [-0.1, -0.05) is 11.6 Å². The van der Waals surface area contributed by atoms with E-state index in [0.717, 1.165) is 6.20 Å². The average Bonchev–Trinajstić information content (AvgIpc) is 2.75. The molecule has 2 rings (SSSR count). The molecule has 0 aromatic carbocycles. The molecule has 1 aromatic rings. The van der Waals surface area contributed by atoms with Crippen molar-refractivity contribution in [2.45, 2.75) is 12.5 Å². The highest BCUT2D eigenvalue weighted by Gasteiger charge is 2.30. The van der Waals surface area contributed by atoms with E-state index in [-0.39, 0.29) is 22.4 Å². The molecule has 1 aromatic heterocycles. The Hall–Kier alpha value is -2.09. The Morgan fingerprint density at radius 3 is 3.00 bits per heavy atom. The van der Waals surface area contributed by atoms with Crippen molar-refractivity contribution in [3.63, 3.8) is 0 Å². The van der Waals surface area contributed by atoms with Crippen LogP contribution in [0.25, 0.3) is 0 Å². The van der Waals surface area contributed by atoms with Crippen molar-refractivity contribution in [2.75, 3.05) is 18.0 Å². The van der Waals surface area contributed by atoms with Crippen LogP contribution in [0.4, 0.5) is 16.2 Å². The van der Waals surface area contributed by atoms with Crippen molar-refractivity contribution in [3.05, 3.63) is 27.5 Å². The van der Waals surface area contributed by atoms with Crippen LogP contribution in [0.2, 0.25) is 5.02 Å². The number of anilines is 1. The molecule has 9 heteroatoms. The van der Waals surface area contributed by atoms with Crippen molar-refractivity contribution >= 4 is 29.1 Å². The summed E-state index contributed by atoms with van der Waals surface area (Å²) in [6.45, 7) is 0.840. The molecule has 0 spiro atoms. The molecule has 1 saturated heterocycles. The predicted octanol–water partition coefficient (Wildman–Crippen LogP) is 1.49. The quantitative estimate of drug-likeness (QED) is 0.643. The van der Waals surface area contributed by atoms with Gasteiger partial charge in [-0.05, 0) is 6.42 Å². The van der Waals surface area contributed by atoms with E-state index in [0.29, 0.717) is 19.5 Å². The number of halogens is 1. The van der Waals surface area contributed by atoms with Crippen LogP contribution < -0.4 is 10.2 Å². The molecule has 0 saturated carbocycles. The van der Waals surface area contributed by atoms with E-state index in [9.17, 15) is 14.9 Å². The first-order valence-electron chi connectivity index (χ1n) is 5.51. The van der Waals surface area contributed by atoms with Crippen molar-refractivity contribution < 1.29 is 14.8 Å². The monoisotopic (exact) mass is 286 g/mol. The van der Waals surface area contributed by atoms with Crippen molar-refractivity contribution in [3.8, 4) is 0 Å². The van der Waals surface area contributed by atoms with Crippen molar-refractivity contribution in [1.82, 2.24) is 10.3 Å². The summed E-state index contributed by atoms with van der Waals surface area (Å²) in [5.41, 5.74) is 0.111. The van der Waals surface area contributed by atoms with E-state index in [2.05, 4.69) is 10.3 Å². The number of carbonyl (C=O) groups is 1. The molecule has 2 heterocycles. The Morgan fingerprint density at radius 2 is 2.37 bits per heavy atom. The second kappa shape index (κ2) is 5.27. The van der Waals surface area contributed by atoms with E-state index in [1.165, 1.54) is 6.20 Å². The molecule has 1 aliphatic rings. The first-order chi connectivity index (χ1) is 8.99. The van der Waals surface area contributed by atoms with Crippen molar-refractivity contribution in [2.24, 2.45) is 0 Å². The van der Waals surface area contributed by atoms with Gasteiger partial charge in [-0.15, -0.1) is 0 Å². The molecule has 8 nitrogen and oxygen atoms in total. The van der Waals surface area contributed by atoms with Gasteiger partial charge in [0.1, 0.15) is 11.9 Å². The molecule has 0 aliphatic carbocycles. The minimum absolute atomic E-state index is 0.177. The molecule has 2 N–H and O–H groups in total. The van der Waals surface area contributed by atoms with Crippen LogP contribution in [0.15, 0.2) is 12.4 Å². The number of aromatic nitrogens is 1. The lowest BCUT2D eigenvalue weighted by atomic mass is 10.3. The van der Waals surface area contributed by atoms with Gasteiger partial charge in [0.15, 0.2) is 0 Å². The normalized spacial score (nSPS) is 18.4. The summed E-state index contributed by atoms with van der Waals surface area (Å²) in [7, 11) is 0. The smallest absolute Gasteiger partial charge is 0.404 e. The maximum atomic E-state index is 11.0. The van der Waals surface area contributed by atoms with E-state index in [1.807, 2.05) is 0 Å². The number of pyridine rings is 1. The third-order valence-corrected chi connectivity index (χ3v) is 3.16. The lowest BCUT2D eigenvalue weighted by Gasteiger charge is -2.19. The lowest BCUT2D eigenvalue weighted by molar-refractivity contribution is -0.384. The third-order valence-electron chi connectivity index (χ3n) is 2.88. The van der Waals surface area contributed by atoms with Gasteiger partial charge in [0.2, 0.25) is 0 Å². The molecule has 1 amide bonds. The van der Waals surface area contributed by atoms with E-state index in [4.69, 9.17) is 16.7 Å². The molecule has 0 radical (unpaired) electrons. The number of hydrogen-bond donors (Lipinski definition) is 2. The summed E-state index contributed by atoms with van der Waals surface area (Å²) in [5, 5.41) is 22.2. The Bertz CT molecular complexity index is 524. The molecular formula is C10H11ClN4O4. The summed E-state index contributed by atoms with van der Waals surface area (Å²) in [4.78, 5) is 26.4. The molecule has 0 bridgehead atoms. The number of amides is 1. The number of rotatable bonds is 3. The number of nitrogens with one attached hydrogen (secondary N) is 1. The molecule has 19 heavy (non-hydrogen) atoms. The number of carboxylic acid groups (broad SMARTS) is 1. The van der Waals surface area contributed by atoms with Gasteiger partial charge in [0, 0.05) is 19.3 Å². The first kappa shape index (κ1) is 13.3. The third kappa shape index (κ3) is 2.84. The molecule has 1 aliphatic heterocycles. The van der Waals surface area contributed by atoms with E-state index in [1.54, 1.807) is 4.90 Å². The van der Waals surface area contributed by atoms with Gasteiger partial charge in [0.25, 0.3) is 0 Å². The average molecular weight is 287 g/mol. The summed E-state index contributed by atoms with van der Waals surface area (Å²) >= 11 is 5.96. The van der Waals surface area contributed by atoms with Gasteiger partial charge in [0.05, 0.1) is 16.0 Å². The molecule has 102 valence electrons. The van der Waals surface area contributed by atoms with Gasteiger partial charge in [-0.25, -0.2) is 4.79 Å². The fraction of sp³-hybridized carbons (Fsp3) is 0.400. The van der Waals surface area contributed by atoms with E-state index >= 15 is 0 Å². The zero-order valence-electron chi connectivity index (χ0n) is 9.74. The summed E-state index contributed by atoms with van der Waals surface area (Å²) < 4.78 is 0. The SMILES string of the molecule is O=C(O)N[C@@H]1CCN(c2c(Cl)cncc2[N+](=O)[O-])C1. The zero-order valence-corrected chi connectivity index (χ0v) is 10.5. The summed E-state index contributed by atoms with van der Waals surface area (Å²) in [5.74, 6) is 0. The minimum Gasteiger partial charge on any atom is -0.465 e. The largest absolute Gasteiger partial charge is 0.465 e. The fourth-order valence-electron chi connectivity index (χ4n) is 2.12. The Labute approximate surface area is 113 Å². The van der Waals surface area contributed by atoms with Crippen LogP contribution in [-0.2, 0) is 0 Å². The van der Waals surface area contributed by atoms with Crippen LogP contribution in [0.3, 0.4) is 0 Å². The predicted molar refractivity (Wildman–Crippen MR) is 67.7 cm³/mol. The maximum absolute atomic E-state index is 11.0. The lowest BCUT2D eigenvalue weighted by Crippen LogP contribution is -2.36. The van der Waals surface area contributed by atoms with Crippen LogP contribution in [0, 0.1) is 10.1 Å². The molecule has 1 atom stereocenters. The zero-order chi connectivity index (χ0) is 14.0. The van der Waals surface area contributed by atoms with Crippen LogP contribution in [0.1, 0.15) is 6.42 Å². The minimum atomic E-state index is -1.11. The van der Waals surface area contributed by atoms with Gasteiger partial charge in [-0.2, -0.15) is 0 Å². The topological polar surface area (TPSA) is 109 Å². The number of nitro groups is 1. The van der Waals surface area contributed by atoms with E-state index < -0.39 is 11.0 Å². The Morgan fingerprint density at radius 1 is 1.63 bits per heavy atom.